The molecule has 0 amide bonds. The van der Waals surface area contributed by atoms with Gasteiger partial charge in [-0.1, -0.05) is 26.0 Å². The average Bonchev–Trinajstić information content (AvgIpc) is 2.69. The Morgan fingerprint density at radius 1 is 1.07 bits per heavy atom. The predicted molar refractivity (Wildman–Crippen MR) is 117 cm³/mol. The number of alkyl halides is 3. The van der Waals surface area contributed by atoms with Crippen molar-refractivity contribution in [3.8, 4) is 0 Å². The Morgan fingerprint density at radius 2 is 1.70 bits per heavy atom. The monoisotopic (exact) mass is 427 g/mol. The molecule has 1 aromatic rings. The second kappa shape index (κ2) is 11.6. The maximum absolute atomic E-state index is 12.7. The van der Waals surface area contributed by atoms with E-state index in [-0.39, 0.29) is 0 Å². The highest BCUT2D eigenvalue weighted by Gasteiger charge is 2.30. The summed E-state index contributed by atoms with van der Waals surface area (Å²) in [6.45, 7) is 12.9. The van der Waals surface area contributed by atoms with E-state index in [2.05, 4.69) is 41.3 Å². The van der Waals surface area contributed by atoms with Gasteiger partial charge in [0, 0.05) is 45.3 Å². The first kappa shape index (κ1) is 24.5. The van der Waals surface area contributed by atoms with E-state index < -0.39 is 11.7 Å². The summed E-state index contributed by atoms with van der Waals surface area (Å²) >= 11 is 0. The number of nitrogens with one attached hydrogen (secondary N) is 2. The van der Waals surface area contributed by atoms with Gasteiger partial charge in [0.1, 0.15) is 0 Å². The molecule has 170 valence electrons. The number of hydrogen-bond donors (Lipinski definition) is 2. The van der Waals surface area contributed by atoms with E-state index in [1.807, 2.05) is 6.92 Å². The Morgan fingerprint density at radius 3 is 2.23 bits per heavy atom. The van der Waals surface area contributed by atoms with Gasteiger partial charge < -0.3 is 15.5 Å². The van der Waals surface area contributed by atoms with Crippen LogP contribution in [-0.4, -0.2) is 74.7 Å². The van der Waals surface area contributed by atoms with Crippen molar-refractivity contribution >= 4 is 5.96 Å². The smallest absolute Gasteiger partial charge is 0.357 e. The lowest BCUT2D eigenvalue weighted by molar-refractivity contribution is -0.137. The Hall–Kier alpha value is -1.80. The molecule has 1 heterocycles. The number of piperazine rings is 1. The quantitative estimate of drug-likeness (QED) is 0.494. The fourth-order valence-electron chi connectivity index (χ4n) is 3.61. The molecule has 5 nitrogen and oxygen atoms in total. The Kier molecular flexibility index (Phi) is 9.42. The number of guanidine groups is 1. The van der Waals surface area contributed by atoms with Gasteiger partial charge in [-0.05, 0) is 44.0 Å². The molecule has 0 bridgehead atoms. The van der Waals surface area contributed by atoms with E-state index in [4.69, 9.17) is 4.99 Å². The molecule has 1 aliphatic rings. The van der Waals surface area contributed by atoms with Crippen LogP contribution in [-0.2, 0) is 12.6 Å². The third-order valence-corrected chi connectivity index (χ3v) is 5.54. The molecule has 8 heteroatoms. The zero-order valence-corrected chi connectivity index (χ0v) is 18.6. The number of halogens is 3. The topological polar surface area (TPSA) is 42.9 Å². The van der Waals surface area contributed by atoms with Crippen LogP contribution in [0.15, 0.2) is 29.3 Å². The summed E-state index contributed by atoms with van der Waals surface area (Å²) in [7, 11) is 2.16. The van der Waals surface area contributed by atoms with E-state index in [1.165, 1.54) is 12.1 Å². The minimum Gasteiger partial charge on any atom is -0.357 e. The molecule has 0 aromatic heterocycles. The molecule has 0 aliphatic carbocycles. The molecule has 1 aliphatic heterocycles. The molecule has 0 saturated carbocycles. The van der Waals surface area contributed by atoms with Crippen molar-refractivity contribution in [2.45, 2.75) is 39.4 Å². The molecule has 1 fully saturated rings. The fraction of sp³-hybridized carbons (Fsp3) is 0.682. The van der Waals surface area contributed by atoms with E-state index in [0.29, 0.717) is 24.9 Å². The molecule has 2 N–H and O–H groups in total. The number of aliphatic imine (C=N–C) groups is 1. The maximum Gasteiger partial charge on any atom is 0.416 e. The van der Waals surface area contributed by atoms with Gasteiger partial charge in [0.05, 0.1) is 12.1 Å². The molecule has 2 rings (SSSR count). The van der Waals surface area contributed by atoms with E-state index in [0.717, 1.165) is 62.9 Å². The molecule has 0 radical (unpaired) electrons. The predicted octanol–water partition coefficient (Wildman–Crippen LogP) is 3.08. The first-order valence-electron chi connectivity index (χ1n) is 10.8. The third kappa shape index (κ3) is 7.80. The highest BCUT2D eigenvalue weighted by atomic mass is 19.4. The molecule has 0 spiro atoms. The Labute approximate surface area is 178 Å². The highest BCUT2D eigenvalue weighted by molar-refractivity contribution is 5.79. The largest absolute Gasteiger partial charge is 0.416 e. The molecule has 1 unspecified atom stereocenters. The van der Waals surface area contributed by atoms with Crippen LogP contribution in [0, 0.1) is 5.92 Å². The van der Waals surface area contributed by atoms with Gasteiger partial charge in [0.25, 0.3) is 0 Å². The lowest BCUT2D eigenvalue weighted by Crippen LogP contribution is -2.52. The van der Waals surface area contributed by atoms with Crippen LogP contribution >= 0.6 is 0 Å². The number of rotatable bonds is 8. The van der Waals surface area contributed by atoms with Crippen LogP contribution in [0.5, 0.6) is 0 Å². The van der Waals surface area contributed by atoms with E-state index in [9.17, 15) is 13.2 Å². The molecular formula is C22H36F3N5. The summed E-state index contributed by atoms with van der Waals surface area (Å²) in [5.41, 5.74) is 0.251. The third-order valence-electron chi connectivity index (χ3n) is 5.54. The van der Waals surface area contributed by atoms with Crippen LogP contribution < -0.4 is 10.6 Å². The van der Waals surface area contributed by atoms with Crippen molar-refractivity contribution in [3.05, 3.63) is 35.4 Å². The van der Waals surface area contributed by atoms with Gasteiger partial charge in [-0.15, -0.1) is 0 Å². The van der Waals surface area contributed by atoms with E-state index in [1.54, 1.807) is 0 Å². The lowest BCUT2D eigenvalue weighted by atomic mass is 10.0. The minimum absolute atomic E-state index is 0.393. The van der Waals surface area contributed by atoms with Crippen molar-refractivity contribution in [2.75, 3.05) is 52.9 Å². The van der Waals surface area contributed by atoms with Crippen LogP contribution in [0.4, 0.5) is 13.2 Å². The second-order valence-electron chi connectivity index (χ2n) is 8.24. The van der Waals surface area contributed by atoms with Gasteiger partial charge >= 0.3 is 6.18 Å². The Bertz CT molecular complexity index is 650. The summed E-state index contributed by atoms with van der Waals surface area (Å²) < 4.78 is 38.0. The minimum atomic E-state index is -4.29. The van der Waals surface area contributed by atoms with Gasteiger partial charge in [-0.3, -0.25) is 9.89 Å². The van der Waals surface area contributed by atoms with Gasteiger partial charge in [-0.2, -0.15) is 13.2 Å². The molecule has 1 saturated heterocycles. The first-order valence-corrected chi connectivity index (χ1v) is 10.8. The van der Waals surface area contributed by atoms with Crippen molar-refractivity contribution < 1.29 is 13.2 Å². The first-order chi connectivity index (χ1) is 14.2. The zero-order valence-electron chi connectivity index (χ0n) is 18.6. The maximum atomic E-state index is 12.7. The average molecular weight is 428 g/mol. The van der Waals surface area contributed by atoms with E-state index >= 15 is 0 Å². The highest BCUT2D eigenvalue weighted by Crippen LogP contribution is 2.29. The SMILES string of the molecule is CCNC(=NCC(C(C)C)N1CCN(C)CC1)NCCc1ccc(C(F)(F)F)cc1. The van der Waals surface area contributed by atoms with Crippen LogP contribution in [0.3, 0.4) is 0 Å². The molecule has 1 atom stereocenters. The molecule has 30 heavy (non-hydrogen) atoms. The summed E-state index contributed by atoms with van der Waals surface area (Å²) in [6.07, 6.45) is -3.66. The second-order valence-corrected chi connectivity index (χ2v) is 8.24. The normalized spacial score (nSPS) is 17.9. The molecular weight excluding hydrogens is 391 g/mol. The van der Waals surface area contributed by atoms with Crippen molar-refractivity contribution in [1.29, 1.82) is 0 Å². The summed E-state index contributed by atoms with van der Waals surface area (Å²) in [5, 5.41) is 6.57. The van der Waals surface area contributed by atoms with Crippen LogP contribution in [0.25, 0.3) is 0 Å². The van der Waals surface area contributed by atoms with Gasteiger partial charge in [0.2, 0.25) is 0 Å². The van der Waals surface area contributed by atoms with Crippen LogP contribution in [0.2, 0.25) is 0 Å². The van der Waals surface area contributed by atoms with Gasteiger partial charge in [-0.25, -0.2) is 0 Å². The van der Waals surface area contributed by atoms with Crippen molar-refractivity contribution in [2.24, 2.45) is 10.9 Å². The molecule has 1 aromatic carbocycles. The fourth-order valence-corrected chi connectivity index (χ4v) is 3.61. The Balaban J connectivity index is 1.89. The van der Waals surface area contributed by atoms with Crippen molar-refractivity contribution in [1.82, 2.24) is 20.4 Å². The number of hydrogen-bond acceptors (Lipinski definition) is 3. The lowest BCUT2D eigenvalue weighted by Gasteiger charge is -2.39. The zero-order chi connectivity index (χ0) is 22.1. The summed E-state index contributed by atoms with van der Waals surface area (Å²) in [6, 6.07) is 5.74. The van der Waals surface area contributed by atoms with Gasteiger partial charge in [0.15, 0.2) is 5.96 Å². The van der Waals surface area contributed by atoms with Crippen molar-refractivity contribution in [3.63, 3.8) is 0 Å². The standard InChI is InChI=1S/C22H36F3N5/c1-5-26-21(27-11-10-18-6-8-19(9-7-18)22(23,24)25)28-16-20(17(2)3)30-14-12-29(4)13-15-30/h6-9,17,20H,5,10-16H2,1-4H3,(H2,26,27,28). The van der Waals surface area contributed by atoms with Crippen LogP contribution in [0.1, 0.15) is 31.9 Å². The number of likely N-dealkylation sites (N-methyl/N-ethyl adjacent to an activating group) is 1. The number of nitrogens with zero attached hydrogens (tertiary/aromatic N) is 3. The summed E-state index contributed by atoms with van der Waals surface area (Å²) in [5.74, 6) is 1.26. The summed E-state index contributed by atoms with van der Waals surface area (Å²) in [4.78, 5) is 9.68. The number of benzene rings is 1.